The highest BCUT2D eigenvalue weighted by atomic mass is 16.3. The maximum absolute atomic E-state index is 6.71. The summed E-state index contributed by atoms with van der Waals surface area (Å²) in [4.78, 5) is 14.8. The van der Waals surface area contributed by atoms with E-state index in [1.54, 1.807) is 0 Å². The normalized spacial score (nSPS) is 13.2. The number of para-hydroxylation sites is 1. The van der Waals surface area contributed by atoms with E-state index in [9.17, 15) is 0 Å². The molecule has 1 aliphatic rings. The first kappa shape index (κ1) is 26.5. The largest absolute Gasteiger partial charge is 0.455 e. The molecule has 4 nitrogen and oxygen atoms in total. The fourth-order valence-electron chi connectivity index (χ4n) is 6.98. The Balaban J connectivity index is 1.19. The van der Waals surface area contributed by atoms with Gasteiger partial charge in [-0.25, -0.2) is 15.0 Å². The minimum Gasteiger partial charge on any atom is -0.455 e. The van der Waals surface area contributed by atoms with Crippen LogP contribution in [0.25, 0.3) is 78.4 Å². The molecule has 6 aromatic carbocycles. The van der Waals surface area contributed by atoms with Crippen molar-refractivity contribution in [2.24, 2.45) is 0 Å². The number of fused-ring (bicyclic) bond motifs is 6. The highest BCUT2D eigenvalue weighted by molar-refractivity contribution is 6.11. The first-order valence-corrected chi connectivity index (χ1v) is 15.6. The van der Waals surface area contributed by atoms with Crippen LogP contribution < -0.4 is 0 Å². The van der Waals surface area contributed by atoms with Gasteiger partial charge in [-0.3, -0.25) is 0 Å². The highest BCUT2D eigenvalue weighted by Gasteiger charge is 2.36. The first-order chi connectivity index (χ1) is 22.5. The summed E-state index contributed by atoms with van der Waals surface area (Å²) in [6.45, 7) is 4.60. The quantitative estimate of drug-likeness (QED) is 0.204. The lowest BCUT2D eigenvalue weighted by atomic mass is 9.82. The zero-order valence-electron chi connectivity index (χ0n) is 25.5. The molecule has 46 heavy (non-hydrogen) atoms. The van der Waals surface area contributed by atoms with E-state index in [1.807, 2.05) is 60.7 Å². The van der Waals surface area contributed by atoms with Crippen molar-refractivity contribution in [2.75, 3.05) is 0 Å². The zero-order valence-corrected chi connectivity index (χ0v) is 25.5. The predicted octanol–water partition coefficient (Wildman–Crippen LogP) is 10.7. The molecular weight excluding hydrogens is 562 g/mol. The summed E-state index contributed by atoms with van der Waals surface area (Å²) in [6.07, 6.45) is 0. The van der Waals surface area contributed by atoms with Gasteiger partial charge in [0.25, 0.3) is 0 Å². The fourth-order valence-corrected chi connectivity index (χ4v) is 6.98. The molecule has 0 radical (unpaired) electrons. The predicted molar refractivity (Wildman–Crippen MR) is 186 cm³/mol. The molecule has 1 aliphatic carbocycles. The van der Waals surface area contributed by atoms with E-state index in [0.717, 1.165) is 49.8 Å². The van der Waals surface area contributed by atoms with Crippen molar-refractivity contribution in [3.63, 3.8) is 0 Å². The van der Waals surface area contributed by atoms with Crippen LogP contribution >= 0.6 is 0 Å². The highest BCUT2D eigenvalue weighted by Crippen LogP contribution is 2.51. The van der Waals surface area contributed by atoms with Crippen LogP contribution in [-0.2, 0) is 5.41 Å². The van der Waals surface area contributed by atoms with Gasteiger partial charge >= 0.3 is 0 Å². The molecule has 0 amide bonds. The first-order valence-electron chi connectivity index (χ1n) is 15.6. The fraction of sp³-hybridized carbons (Fsp3) is 0.0714. The van der Waals surface area contributed by atoms with Gasteiger partial charge < -0.3 is 4.42 Å². The van der Waals surface area contributed by atoms with E-state index in [4.69, 9.17) is 19.4 Å². The summed E-state index contributed by atoms with van der Waals surface area (Å²) in [5, 5.41) is 2.25. The van der Waals surface area contributed by atoms with E-state index in [1.165, 1.54) is 22.3 Å². The molecule has 9 rings (SSSR count). The molecule has 2 aromatic heterocycles. The van der Waals surface area contributed by atoms with Gasteiger partial charge in [0.05, 0.1) is 0 Å². The number of hydrogen-bond donors (Lipinski definition) is 0. The van der Waals surface area contributed by atoms with Gasteiger partial charge in [-0.1, -0.05) is 135 Å². The van der Waals surface area contributed by atoms with Crippen LogP contribution in [0.3, 0.4) is 0 Å². The van der Waals surface area contributed by atoms with Crippen molar-refractivity contribution in [1.82, 2.24) is 15.0 Å². The van der Waals surface area contributed by atoms with Crippen molar-refractivity contribution < 1.29 is 4.42 Å². The average molecular weight is 592 g/mol. The Hall–Kier alpha value is -5.87. The maximum Gasteiger partial charge on any atom is 0.164 e. The van der Waals surface area contributed by atoms with Gasteiger partial charge in [-0.05, 0) is 46.0 Å². The summed E-state index contributed by atoms with van der Waals surface area (Å²) < 4.78 is 6.71. The van der Waals surface area contributed by atoms with Crippen molar-refractivity contribution >= 4 is 21.9 Å². The lowest BCUT2D eigenvalue weighted by Crippen LogP contribution is -2.14. The van der Waals surface area contributed by atoms with Gasteiger partial charge in [-0.15, -0.1) is 0 Å². The Morgan fingerprint density at radius 2 is 1.00 bits per heavy atom. The summed E-state index contributed by atoms with van der Waals surface area (Å²) in [5.74, 6) is 1.92. The SMILES string of the molecule is CC1(C)c2ccccc2-c2cc3c(cc21)oc1c(-c2cccc(-c4nc(-c5ccccc5)nc(-c5ccccc5)n4)c2)cccc13. The van der Waals surface area contributed by atoms with Crippen LogP contribution in [0, 0.1) is 0 Å². The molecule has 0 saturated heterocycles. The molecule has 0 atom stereocenters. The molecule has 2 heterocycles. The minimum atomic E-state index is -0.0853. The zero-order chi connectivity index (χ0) is 30.8. The number of furan rings is 1. The molecule has 8 aromatic rings. The van der Waals surface area contributed by atoms with E-state index >= 15 is 0 Å². The third-order valence-corrected chi connectivity index (χ3v) is 9.33. The Kier molecular flexibility index (Phi) is 5.81. The van der Waals surface area contributed by atoms with Gasteiger partial charge in [0.15, 0.2) is 17.5 Å². The number of aromatic nitrogens is 3. The lowest BCUT2D eigenvalue weighted by molar-refractivity contribution is 0.648. The third kappa shape index (κ3) is 4.11. The molecule has 0 saturated carbocycles. The second kappa shape index (κ2) is 10.1. The Morgan fingerprint density at radius 1 is 0.435 bits per heavy atom. The van der Waals surface area contributed by atoms with Crippen LogP contribution in [-0.4, -0.2) is 15.0 Å². The van der Waals surface area contributed by atoms with E-state index in [2.05, 4.69) is 92.7 Å². The second-order valence-corrected chi connectivity index (χ2v) is 12.5. The summed E-state index contributed by atoms with van der Waals surface area (Å²) in [7, 11) is 0. The van der Waals surface area contributed by atoms with Crippen molar-refractivity contribution in [1.29, 1.82) is 0 Å². The Morgan fingerprint density at radius 3 is 1.72 bits per heavy atom. The third-order valence-electron chi connectivity index (χ3n) is 9.33. The smallest absolute Gasteiger partial charge is 0.164 e. The topological polar surface area (TPSA) is 51.8 Å². The molecule has 0 unspecified atom stereocenters. The molecule has 0 spiro atoms. The molecule has 218 valence electrons. The summed E-state index contributed by atoms with van der Waals surface area (Å²) in [5.41, 5.74) is 11.9. The Labute approximate surface area is 267 Å². The maximum atomic E-state index is 6.71. The average Bonchev–Trinajstić information content (AvgIpc) is 3.59. The van der Waals surface area contributed by atoms with Crippen LogP contribution in [0.15, 0.2) is 144 Å². The minimum absolute atomic E-state index is 0.0853. The molecule has 0 fully saturated rings. The molecular formula is C42H29N3O. The molecule has 0 N–H and O–H groups in total. The number of hydrogen-bond acceptors (Lipinski definition) is 4. The van der Waals surface area contributed by atoms with E-state index < -0.39 is 0 Å². The van der Waals surface area contributed by atoms with E-state index in [-0.39, 0.29) is 5.41 Å². The second-order valence-electron chi connectivity index (χ2n) is 12.5. The van der Waals surface area contributed by atoms with Gasteiger partial charge in [-0.2, -0.15) is 0 Å². The molecule has 4 heteroatoms. The molecule has 0 aliphatic heterocycles. The summed E-state index contributed by atoms with van der Waals surface area (Å²) >= 11 is 0. The van der Waals surface area contributed by atoms with Crippen molar-refractivity contribution in [3.05, 3.63) is 151 Å². The monoisotopic (exact) mass is 591 g/mol. The van der Waals surface area contributed by atoms with Crippen LogP contribution in [0.1, 0.15) is 25.0 Å². The molecule has 0 bridgehead atoms. The van der Waals surface area contributed by atoms with Gasteiger partial charge in [0.2, 0.25) is 0 Å². The van der Waals surface area contributed by atoms with Crippen molar-refractivity contribution in [3.8, 4) is 56.4 Å². The summed E-state index contributed by atoms with van der Waals surface area (Å²) in [6, 6.07) is 48.3. The standard InChI is InChI=1S/C42H29N3O/c1-42(2)35-22-10-9-19-31(35)33-24-34-32-21-12-20-30(38(32)46-37(34)25-36(33)42)28-17-11-18-29(23-28)41-44-39(26-13-5-3-6-14-26)43-40(45-41)27-15-7-4-8-16-27/h3-25H,1-2H3. The number of benzene rings is 6. The van der Waals surface area contributed by atoms with Gasteiger partial charge in [0, 0.05) is 38.4 Å². The van der Waals surface area contributed by atoms with Crippen molar-refractivity contribution in [2.45, 2.75) is 19.3 Å². The van der Waals surface area contributed by atoms with Crippen LogP contribution in [0.4, 0.5) is 0 Å². The van der Waals surface area contributed by atoms with Crippen LogP contribution in [0.5, 0.6) is 0 Å². The van der Waals surface area contributed by atoms with E-state index in [0.29, 0.717) is 17.5 Å². The van der Waals surface area contributed by atoms with Crippen LogP contribution in [0.2, 0.25) is 0 Å². The number of nitrogens with zero attached hydrogens (tertiary/aromatic N) is 3. The lowest BCUT2D eigenvalue weighted by Gasteiger charge is -2.21. The Bertz CT molecular complexity index is 2380. The van der Waals surface area contributed by atoms with Gasteiger partial charge in [0.1, 0.15) is 11.2 Å². The number of rotatable bonds is 4.